The first-order valence-corrected chi connectivity index (χ1v) is 42.2. The van der Waals surface area contributed by atoms with Gasteiger partial charge in [0.15, 0.2) is 34.3 Å². The topological polar surface area (TPSA) is 34.1 Å². The normalized spacial score (nSPS) is 18.8. The molecule has 3 spiro atoms. The van der Waals surface area contributed by atoms with E-state index in [9.17, 15) is 9.13 Å². The Labute approximate surface area is 807 Å². The second-order valence-corrected chi connectivity index (χ2v) is 42.4. The Kier molecular flexibility index (Phi) is 30.2. The summed E-state index contributed by atoms with van der Waals surface area (Å²) in [6, 6.07) is 73.7. The summed E-state index contributed by atoms with van der Waals surface area (Å²) < 4.78 is 26.9. The number of aryl methyl sites for hydroxylation is 6. The zero-order chi connectivity index (χ0) is 72.1. The summed E-state index contributed by atoms with van der Waals surface area (Å²) in [5, 5.41) is 10.6. The van der Waals surface area contributed by atoms with Crippen LogP contribution in [0.3, 0.4) is 0 Å². The van der Waals surface area contributed by atoms with Gasteiger partial charge in [-0.2, -0.15) is 0 Å². The number of hydrogen-bond donors (Lipinski definition) is 0. The first-order valence-electron chi connectivity index (χ1n) is 36.3. The molecule has 6 aliphatic carbocycles. The molecule has 16 rings (SSSR count). The Balaban J connectivity index is 0.000000236. The molecule has 6 aliphatic rings. The molecular weight excluding hydrogens is 1630 g/mol. The van der Waals surface area contributed by atoms with Gasteiger partial charge < -0.3 is 1.43 Å². The number of hydrogen-bond acceptors (Lipinski definition) is 2. The van der Waals surface area contributed by atoms with E-state index in [1.165, 1.54) is 110 Å². The van der Waals surface area contributed by atoms with E-state index >= 15 is 0 Å². The predicted molar refractivity (Wildman–Crippen MR) is 454 cm³/mol. The summed E-state index contributed by atoms with van der Waals surface area (Å²) in [5.41, 5.74) is 25.4. The fourth-order valence-electron chi connectivity index (χ4n) is 21.1. The zero-order valence-electron chi connectivity index (χ0n) is 66.0. The van der Waals surface area contributed by atoms with E-state index in [2.05, 4.69) is 351 Å². The van der Waals surface area contributed by atoms with Gasteiger partial charge in [0, 0.05) is 187 Å². The summed E-state index contributed by atoms with van der Waals surface area (Å²) in [6.07, 6.45) is 6.52. The Hall–Kier alpha value is 0.389. The SMILES string of the molecule is Cc1cc(Br)c2c(c1)C(C)(C)CC21CC(C)(C)c2cc(C)cc(Br)c21.Cc1cc(P(c2ccccc2)c2ccccc2)c2c(c1)C(C)(C)CC21CC(C)(C)c2cc(C)cc(P(c3ccccc3)c3ccccc3)c21.Cc1cc(P=O)c2c(c1)C(C)(C)CC21CC(C)(C)c2cc(C)cc(P=O)c21.[AlH3].[Ar].[Ar].[Ar].[Ar].[H-].[Li+]. The van der Waals surface area contributed by atoms with E-state index in [0.717, 1.165) is 47.4 Å². The molecular formula is C93H102AlAr4Br2LiO2P4. The Morgan fingerprint density at radius 2 is 0.495 bits per heavy atom. The molecule has 10 aromatic carbocycles. The molecule has 2 nitrogen and oxygen atoms in total. The monoisotopic (exact) mass is 1730 g/mol. The summed E-state index contributed by atoms with van der Waals surface area (Å²) in [7, 11) is -1.42. The molecule has 0 atom stereocenters. The summed E-state index contributed by atoms with van der Waals surface area (Å²) in [5.74, 6) is 0. The smallest absolute Gasteiger partial charge is 1.00 e. The van der Waals surface area contributed by atoms with Crippen LogP contribution < -0.4 is 61.3 Å². The van der Waals surface area contributed by atoms with Crippen molar-refractivity contribution in [1.82, 2.24) is 0 Å². The maximum absolute atomic E-state index is 12.2. The van der Waals surface area contributed by atoms with Gasteiger partial charge in [-0.15, -0.1) is 0 Å². The van der Waals surface area contributed by atoms with Gasteiger partial charge in [-0.05, 0) is 274 Å². The molecule has 0 heterocycles. The van der Waals surface area contributed by atoms with E-state index < -0.39 is 15.8 Å². The first-order chi connectivity index (χ1) is 47.6. The van der Waals surface area contributed by atoms with Crippen LogP contribution in [0.1, 0.15) is 223 Å². The minimum absolute atomic E-state index is 0. The van der Waals surface area contributed by atoms with Crippen LogP contribution in [0.4, 0.5) is 0 Å². The van der Waals surface area contributed by atoms with Gasteiger partial charge in [0.2, 0.25) is 0 Å². The van der Waals surface area contributed by atoms with E-state index in [0.29, 0.717) is 0 Å². The summed E-state index contributed by atoms with van der Waals surface area (Å²) in [4.78, 5) is 0. The van der Waals surface area contributed by atoms with E-state index in [1.807, 2.05) is 0 Å². The number of fused-ring (bicyclic) bond motifs is 12. The van der Waals surface area contributed by atoms with Crippen molar-refractivity contribution >= 4 is 124 Å². The quantitative estimate of drug-likeness (QED) is 0.112. The largest absolute Gasteiger partial charge is 1.00 e. The molecule has 0 fully saturated rings. The standard InChI is InChI=1S/C47H46P2.C23H26Br2.C23H26O2P2.Al.4Ar.Li.4H/c1-33-27-39-43(41(29-33)48(35-19-11-7-12-20-35)36-21-13-8-14-22-36)47(31-45(39,3)4)32-46(5,6)40-28-34(2)30-42(44(40)47)49(37-23-15-9-16-24-37)38-25-17-10-18-26-38;1-13-7-15-19(17(24)9-13)23(11-21(15,3)4)12-22(5,6)16-8-14(2)10-18(25)20(16)23;1-13-7-15-19(17(9-13)26-24)23(11-21(15,3)4)12-22(5,6)16-8-14(2)10-18(27-25)20(16)23;;;;;;;;;;/h7-30H,31-32H2,1-6H3;7-10H,11-12H2,1-6H3;7-10H,11-12H2,1-6H3;;;;;;;;;;/q;;;;;;;;+1;;;;-1. The van der Waals surface area contributed by atoms with Gasteiger partial charge in [-0.25, -0.2) is 0 Å². The molecule has 107 heavy (non-hydrogen) atoms. The molecule has 0 N–H and O–H groups in total. The molecule has 0 saturated carbocycles. The number of halogens is 2. The van der Waals surface area contributed by atoms with Gasteiger partial charge in [0.1, 0.15) is 0 Å². The van der Waals surface area contributed by atoms with Crippen LogP contribution in [0.15, 0.2) is 203 Å². The Bertz CT molecular complexity index is 4640. The third-order valence-corrected chi connectivity index (χ3v) is 31.2. The van der Waals surface area contributed by atoms with Crippen molar-refractivity contribution in [2.24, 2.45) is 0 Å². The first kappa shape index (κ1) is 92.9. The molecule has 0 aromatic heterocycles. The molecule has 0 radical (unpaired) electrons. The minimum Gasteiger partial charge on any atom is -1.00 e. The average Bonchev–Trinajstić information content (AvgIpc) is 1.37. The average molecular weight is 1730 g/mol. The van der Waals surface area contributed by atoms with Crippen molar-refractivity contribution < 1.29 is 180 Å². The van der Waals surface area contributed by atoms with Crippen LogP contribution in [-0.2, 0) is 57.9 Å². The maximum Gasteiger partial charge on any atom is 1.00 e. The van der Waals surface area contributed by atoms with Crippen LogP contribution in [-0.4, -0.2) is 17.4 Å². The van der Waals surface area contributed by atoms with E-state index in [1.54, 1.807) is 32.9 Å². The third-order valence-electron chi connectivity index (χ3n) is 24.0. The van der Waals surface area contributed by atoms with E-state index in [4.69, 9.17) is 0 Å². The van der Waals surface area contributed by atoms with E-state index in [-0.39, 0.29) is 254 Å². The van der Waals surface area contributed by atoms with Crippen molar-refractivity contribution in [2.45, 2.75) is 212 Å². The van der Waals surface area contributed by atoms with Gasteiger partial charge in [-0.1, -0.05) is 296 Å². The van der Waals surface area contributed by atoms with Crippen LogP contribution in [0.5, 0.6) is 0 Å². The van der Waals surface area contributed by atoms with Gasteiger partial charge in [-0.3, -0.25) is 9.13 Å². The minimum atomic E-state index is -0.782. The number of benzene rings is 10. The predicted octanol–water partition coefficient (Wildman–Crippen LogP) is 18.7. The Morgan fingerprint density at radius 3 is 0.738 bits per heavy atom. The number of rotatable bonds is 8. The van der Waals surface area contributed by atoms with Crippen LogP contribution in [0, 0.1) is 192 Å². The molecule has 0 saturated heterocycles. The molecule has 0 amide bonds. The van der Waals surface area contributed by atoms with Gasteiger partial charge in [0.25, 0.3) is 0 Å². The Morgan fingerprint density at radius 1 is 0.299 bits per heavy atom. The molecule has 0 aliphatic heterocycles. The maximum atomic E-state index is 12.2. The van der Waals surface area contributed by atoms with Crippen LogP contribution in [0.25, 0.3) is 0 Å². The van der Waals surface area contributed by atoms with Crippen molar-refractivity contribution in [3.05, 3.63) is 303 Å². The fraction of sp³-hybridized carbons (Fsp3) is 0.355. The third kappa shape index (κ3) is 16.6. The van der Waals surface area contributed by atoms with Crippen molar-refractivity contribution in [1.29, 1.82) is 0 Å². The summed E-state index contributed by atoms with van der Waals surface area (Å²) >= 11 is 7.90. The van der Waals surface area contributed by atoms with Crippen LogP contribution in [0.2, 0.25) is 0 Å². The second-order valence-electron chi connectivity index (χ2n) is 35.0. The molecule has 0 bridgehead atoms. The molecule has 14 heteroatoms. The van der Waals surface area contributed by atoms with Crippen molar-refractivity contribution in [3.63, 3.8) is 0 Å². The van der Waals surface area contributed by atoms with Crippen molar-refractivity contribution in [2.75, 3.05) is 0 Å². The van der Waals surface area contributed by atoms with Gasteiger partial charge in [0.05, 0.1) is 0 Å². The van der Waals surface area contributed by atoms with Crippen LogP contribution >= 0.6 is 64.6 Å². The second kappa shape index (κ2) is 34.8. The molecule has 556 valence electrons. The zero-order valence-corrected chi connectivity index (χ0v) is 74.6. The molecule has 10 aromatic rings. The molecule has 0 unspecified atom stereocenters. The van der Waals surface area contributed by atoms with Gasteiger partial charge >= 0.3 is 18.9 Å². The summed E-state index contributed by atoms with van der Waals surface area (Å²) in [6.45, 7) is 42.1. The van der Waals surface area contributed by atoms with Crippen molar-refractivity contribution in [3.8, 4) is 0 Å². The fourth-order valence-corrected chi connectivity index (χ4v) is 29.8.